The second kappa shape index (κ2) is 2.66. The number of fused-ring (bicyclic) bond motifs is 1. The van der Waals surface area contributed by atoms with Gasteiger partial charge in [-0.2, -0.15) is 0 Å². The fraction of sp³-hybridized carbons (Fsp3) is 0.625. The number of aromatic nitrogens is 2. The van der Waals surface area contributed by atoms with Crippen molar-refractivity contribution in [1.82, 2.24) is 9.55 Å². The zero-order chi connectivity index (χ0) is 7.68. The summed E-state index contributed by atoms with van der Waals surface area (Å²) in [5, 5.41) is 8.91. The van der Waals surface area contributed by atoms with Crippen molar-refractivity contribution >= 4 is 0 Å². The Hall–Kier alpha value is -0.830. The Labute approximate surface area is 65.7 Å². The molecule has 1 aromatic heterocycles. The molecule has 2 heterocycles. The van der Waals surface area contributed by atoms with Crippen LogP contribution in [0.3, 0.4) is 0 Å². The van der Waals surface area contributed by atoms with Gasteiger partial charge in [-0.05, 0) is 19.3 Å². The van der Waals surface area contributed by atoms with Crippen LogP contribution in [0.25, 0.3) is 0 Å². The quantitative estimate of drug-likeness (QED) is 0.643. The summed E-state index contributed by atoms with van der Waals surface area (Å²) in [6.07, 6.45) is 5.39. The topological polar surface area (TPSA) is 38.1 Å². The highest BCUT2D eigenvalue weighted by molar-refractivity contribution is 5.13. The summed E-state index contributed by atoms with van der Waals surface area (Å²) in [6.45, 7) is 1.16. The lowest BCUT2D eigenvalue weighted by atomic mass is 10.1. The molecule has 1 aliphatic heterocycles. The summed E-state index contributed by atoms with van der Waals surface area (Å²) >= 11 is 0. The molecule has 3 heteroatoms. The standard InChI is InChI=1S/C8H12N2O/c11-5-7-8-3-1-2-4-10(8)6-9-7/h6,11H,1-5H2. The number of aliphatic hydroxyl groups excluding tert-OH is 1. The van der Waals surface area contributed by atoms with Crippen LogP contribution in [0.5, 0.6) is 0 Å². The van der Waals surface area contributed by atoms with Crippen LogP contribution in [0.15, 0.2) is 6.33 Å². The minimum Gasteiger partial charge on any atom is -0.390 e. The van der Waals surface area contributed by atoms with Crippen molar-refractivity contribution in [2.24, 2.45) is 0 Å². The summed E-state index contributed by atoms with van der Waals surface area (Å²) in [5.74, 6) is 0. The molecule has 60 valence electrons. The minimum atomic E-state index is 0.0856. The van der Waals surface area contributed by atoms with Gasteiger partial charge in [-0.15, -0.1) is 0 Å². The SMILES string of the molecule is OCc1ncn2c1CCCC2. The molecule has 0 spiro atoms. The van der Waals surface area contributed by atoms with E-state index in [4.69, 9.17) is 5.11 Å². The molecule has 0 saturated carbocycles. The molecule has 0 saturated heterocycles. The average Bonchev–Trinajstić information content (AvgIpc) is 2.47. The first-order valence-corrected chi connectivity index (χ1v) is 4.05. The van der Waals surface area contributed by atoms with Gasteiger partial charge in [0.2, 0.25) is 0 Å². The van der Waals surface area contributed by atoms with Crippen molar-refractivity contribution in [3.05, 3.63) is 17.7 Å². The fourth-order valence-corrected chi connectivity index (χ4v) is 1.64. The molecule has 2 rings (SSSR count). The second-order valence-electron chi connectivity index (χ2n) is 2.95. The zero-order valence-electron chi connectivity index (χ0n) is 6.45. The zero-order valence-corrected chi connectivity index (χ0v) is 6.45. The van der Waals surface area contributed by atoms with Crippen molar-refractivity contribution in [3.8, 4) is 0 Å². The molecule has 0 radical (unpaired) electrons. The number of hydrogen-bond acceptors (Lipinski definition) is 2. The van der Waals surface area contributed by atoms with E-state index in [9.17, 15) is 0 Å². The largest absolute Gasteiger partial charge is 0.390 e. The predicted octanol–water partition coefficient (Wildman–Crippen LogP) is 0.712. The summed E-state index contributed by atoms with van der Waals surface area (Å²) in [5.41, 5.74) is 2.10. The molecule has 0 unspecified atom stereocenters. The third-order valence-electron chi connectivity index (χ3n) is 2.25. The number of aryl methyl sites for hydroxylation is 1. The molecule has 1 aliphatic rings. The van der Waals surface area contributed by atoms with Gasteiger partial charge in [-0.1, -0.05) is 0 Å². The second-order valence-corrected chi connectivity index (χ2v) is 2.95. The van der Waals surface area contributed by atoms with Crippen molar-refractivity contribution in [1.29, 1.82) is 0 Å². The van der Waals surface area contributed by atoms with Crippen molar-refractivity contribution in [2.75, 3.05) is 0 Å². The molecule has 0 amide bonds. The smallest absolute Gasteiger partial charge is 0.0952 e. The maximum absolute atomic E-state index is 8.91. The van der Waals surface area contributed by atoms with Crippen LogP contribution in [0, 0.1) is 0 Å². The highest BCUT2D eigenvalue weighted by atomic mass is 16.3. The Bertz CT molecular complexity index is 241. The van der Waals surface area contributed by atoms with Gasteiger partial charge in [-0.3, -0.25) is 0 Å². The lowest BCUT2D eigenvalue weighted by Gasteiger charge is -2.14. The molecule has 0 atom stereocenters. The van der Waals surface area contributed by atoms with Gasteiger partial charge in [0.15, 0.2) is 0 Å². The maximum atomic E-state index is 8.91. The fourth-order valence-electron chi connectivity index (χ4n) is 1.64. The summed E-state index contributed by atoms with van der Waals surface area (Å²) in [6, 6.07) is 0. The van der Waals surface area contributed by atoms with E-state index in [1.165, 1.54) is 18.5 Å². The van der Waals surface area contributed by atoms with Crippen LogP contribution < -0.4 is 0 Å². The van der Waals surface area contributed by atoms with Gasteiger partial charge in [0, 0.05) is 12.2 Å². The van der Waals surface area contributed by atoms with Crippen LogP contribution in [0.1, 0.15) is 24.2 Å². The van der Waals surface area contributed by atoms with Crippen LogP contribution in [0.2, 0.25) is 0 Å². The summed E-state index contributed by atoms with van der Waals surface area (Å²) < 4.78 is 2.15. The lowest BCUT2D eigenvalue weighted by Crippen LogP contribution is -2.09. The highest BCUT2D eigenvalue weighted by Crippen LogP contribution is 2.17. The monoisotopic (exact) mass is 152 g/mol. The number of hydrogen-bond donors (Lipinski definition) is 1. The van der Waals surface area contributed by atoms with E-state index >= 15 is 0 Å². The number of aliphatic hydroxyl groups is 1. The Morgan fingerprint density at radius 3 is 3.27 bits per heavy atom. The molecule has 3 nitrogen and oxygen atoms in total. The van der Waals surface area contributed by atoms with Crippen LogP contribution in [-0.4, -0.2) is 14.7 Å². The van der Waals surface area contributed by atoms with Gasteiger partial charge in [-0.25, -0.2) is 4.98 Å². The molecule has 0 fully saturated rings. The van der Waals surface area contributed by atoms with Gasteiger partial charge in [0.25, 0.3) is 0 Å². The number of imidazole rings is 1. The first kappa shape index (κ1) is 6.85. The van der Waals surface area contributed by atoms with Crippen molar-refractivity contribution in [2.45, 2.75) is 32.4 Å². The first-order chi connectivity index (χ1) is 5.42. The number of rotatable bonds is 1. The van der Waals surface area contributed by atoms with Crippen LogP contribution in [0.4, 0.5) is 0 Å². The average molecular weight is 152 g/mol. The van der Waals surface area contributed by atoms with Crippen LogP contribution in [-0.2, 0) is 19.6 Å². The van der Waals surface area contributed by atoms with E-state index in [2.05, 4.69) is 9.55 Å². The van der Waals surface area contributed by atoms with E-state index in [1.54, 1.807) is 0 Å². The number of nitrogens with zero attached hydrogens (tertiary/aromatic N) is 2. The van der Waals surface area contributed by atoms with E-state index < -0.39 is 0 Å². The van der Waals surface area contributed by atoms with Gasteiger partial charge in [0.1, 0.15) is 0 Å². The Kier molecular flexibility index (Phi) is 1.66. The highest BCUT2D eigenvalue weighted by Gasteiger charge is 2.12. The first-order valence-electron chi connectivity index (χ1n) is 4.05. The lowest BCUT2D eigenvalue weighted by molar-refractivity contribution is 0.275. The predicted molar refractivity (Wildman–Crippen MR) is 41.1 cm³/mol. The van der Waals surface area contributed by atoms with Crippen molar-refractivity contribution < 1.29 is 5.11 Å². The molecule has 0 bridgehead atoms. The van der Waals surface area contributed by atoms with E-state index in [-0.39, 0.29) is 6.61 Å². The summed E-state index contributed by atoms with van der Waals surface area (Å²) in [4.78, 5) is 4.13. The van der Waals surface area contributed by atoms with Gasteiger partial charge >= 0.3 is 0 Å². The molecule has 0 aliphatic carbocycles. The molecular weight excluding hydrogens is 140 g/mol. The summed E-state index contributed by atoms with van der Waals surface area (Å²) in [7, 11) is 0. The Balaban J connectivity index is 2.38. The van der Waals surface area contributed by atoms with E-state index in [1.807, 2.05) is 6.33 Å². The molecule has 1 aromatic rings. The molecule has 11 heavy (non-hydrogen) atoms. The molecule has 0 aromatic carbocycles. The Morgan fingerprint density at radius 1 is 1.55 bits per heavy atom. The maximum Gasteiger partial charge on any atom is 0.0952 e. The van der Waals surface area contributed by atoms with Gasteiger partial charge < -0.3 is 9.67 Å². The normalized spacial score (nSPS) is 16.5. The van der Waals surface area contributed by atoms with Crippen molar-refractivity contribution in [3.63, 3.8) is 0 Å². The third-order valence-corrected chi connectivity index (χ3v) is 2.25. The molecular formula is C8H12N2O. The Morgan fingerprint density at radius 2 is 2.45 bits per heavy atom. The van der Waals surface area contributed by atoms with E-state index in [0.717, 1.165) is 18.7 Å². The minimum absolute atomic E-state index is 0.0856. The van der Waals surface area contributed by atoms with Crippen LogP contribution >= 0.6 is 0 Å². The molecule has 1 N–H and O–H groups in total. The van der Waals surface area contributed by atoms with Gasteiger partial charge in [0.05, 0.1) is 18.6 Å². The van der Waals surface area contributed by atoms with E-state index in [0.29, 0.717) is 0 Å². The third kappa shape index (κ3) is 1.05.